The van der Waals surface area contributed by atoms with Crippen molar-refractivity contribution in [1.29, 1.82) is 0 Å². The number of nitrogens with zero attached hydrogens (tertiary/aromatic N) is 5. The smallest absolute Gasteiger partial charge is 0.269 e. The third kappa shape index (κ3) is 3.08. The average molecular weight is 341 g/mol. The monoisotopic (exact) mass is 341 g/mol. The van der Waals surface area contributed by atoms with Gasteiger partial charge in [0.15, 0.2) is 17.4 Å². The fourth-order valence-electron chi connectivity index (χ4n) is 2.91. The summed E-state index contributed by atoms with van der Waals surface area (Å²) in [5.74, 6) is 0.992. The first-order valence-corrected chi connectivity index (χ1v) is 8.09. The first kappa shape index (κ1) is 16.6. The molecule has 9 heteroatoms. The molecule has 0 amide bonds. The number of hydrogen-bond acceptors (Lipinski definition) is 7. The van der Waals surface area contributed by atoms with E-state index < -0.39 is 0 Å². The summed E-state index contributed by atoms with van der Waals surface area (Å²) in [6.45, 7) is 5.30. The van der Waals surface area contributed by atoms with Gasteiger partial charge in [0.2, 0.25) is 0 Å². The summed E-state index contributed by atoms with van der Waals surface area (Å²) < 4.78 is 0. The molecule has 0 fully saturated rings. The minimum atomic E-state index is -0.377. The van der Waals surface area contributed by atoms with E-state index in [9.17, 15) is 10.1 Å². The maximum absolute atomic E-state index is 11.0. The van der Waals surface area contributed by atoms with Crippen LogP contribution in [0.1, 0.15) is 25.0 Å². The molecule has 9 nitrogen and oxygen atoms in total. The highest BCUT2D eigenvalue weighted by Crippen LogP contribution is 2.29. The second kappa shape index (κ2) is 6.71. The zero-order chi connectivity index (χ0) is 18.0. The van der Waals surface area contributed by atoms with Gasteiger partial charge in [-0.3, -0.25) is 10.1 Å². The molecule has 0 spiro atoms. The van der Waals surface area contributed by atoms with Crippen molar-refractivity contribution in [2.45, 2.75) is 26.8 Å². The molecule has 1 aliphatic heterocycles. The van der Waals surface area contributed by atoms with Crippen LogP contribution >= 0.6 is 0 Å². The molecule has 130 valence electrons. The third-order valence-electron chi connectivity index (χ3n) is 4.00. The van der Waals surface area contributed by atoms with Crippen LogP contribution in [-0.2, 0) is 13.0 Å². The summed E-state index contributed by atoms with van der Waals surface area (Å²) in [6.07, 6.45) is 2.24. The lowest BCUT2D eigenvalue weighted by atomic mass is 9.99. The molecule has 3 heterocycles. The Labute approximate surface area is 144 Å². The highest BCUT2D eigenvalue weighted by atomic mass is 16.6. The summed E-state index contributed by atoms with van der Waals surface area (Å²) in [6, 6.07) is 5.00. The molecule has 25 heavy (non-hydrogen) atoms. The molecule has 0 saturated carbocycles. The van der Waals surface area contributed by atoms with Crippen molar-refractivity contribution in [3.05, 3.63) is 45.8 Å². The third-order valence-corrected chi connectivity index (χ3v) is 4.00. The Kier molecular flexibility index (Phi) is 4.46. The van der Waals surface area contributed by atoms with Gasteiger partial charge in [-0.05, 0) is 17.5 Å². The zero-order valence-corrected chi connectivity index (χ0v) is 14.1. The van der Waals surface area contributed by atoms with Crippen LogP contribution in [-0.4, -0.2) is 31.4 Å². The van der Waals surface area contributed by atoms with Gasteiger partial charge in [0.25, 0.3) is 5.69 Å². The van der Waals surface area contributed by atoms with Gasteiger partial charge in [-0.25, -0.2) is 9.97 Å². The SMILES string of the molecule is CC.Nc1nc2ncnc(N3CCc4ccc([N+](=O)[O-])cc4C3)c2[nH]1. The summed E-state index contributed by atoms with van der Waals surface area (Å²) in [4.78, 5) is 28.1. The number of nitrogen functional groups attached to an aromatic ring is 1. The number of rotatable bonds is 2. The molecule has 0 bridgehead atoms. The lowest BCUT2D eigenvalue weighted by Gasteiger charge is -2.29. The van der Waals surface area contributed by atoms with E-state index in [1.807, 2.05) is 24.8 Å². The number of imidazole rings is 1. The van der Waals surface area contributed by atoms with E-state index >= 15 is 0 Å². The molecule has 1 aliphatic rings. The molecule has 2 aromatic heterocycles. The van der Waals surface area contributed by atoms with Crippen LogP contribution in [0.15, 0.2) is 24.5 Å². The van der Waals surface area contributed by atoms with Gasteiger partial charge in [0.05, 0.1) is 4.92 Å². The maximum Gasteiger partial charge on any atom is 0.269 e. The Morgan fingerprint density at radius 1 is 1.28 bits per heavy atom. The van der Waals surface area contributed by atoms with E-state index in [2.05, 4.69) is 19.9 Å². The number of nitro benzene ring substituents is 1. The van der Waals surface area contributed by atoms with Crippen molar-refractivity contribution < 1.29 is 4.92 Å². The number of non-ortho nitro benzene ring substituents is 1. The number of aromatic nitrogens is 4. The number of nitrogens with one attached hydrogen (secondary N) is 1. The number of nitrogens with two attached hydrogens (primary N) is 1. The molecular weight excluding hydrogens is 322 g/mol. The molecule has 1 aromatic carbocycles. The number of nitro groups is 1. The van der Waals surface area contributed by atoms with Crippen LogP contribution in [0.25, 0.3) is 11.2 Å². The normalized spacial score (nSPS) is 13.1. The van der Waals surface area contributed by atoms with Crippen LogP contribution in [0, 0.1) is 10.1 Å². The number of fused-ring (bicyclic) bond motifs is 2. The van der Waals surface area contributed by atoms with Crippen LogP contribution < -0.4 is 10.6 Å². The number of hydrogen-bond donors (Lipinski definition) is 2. The summed E-state index contributed by atoms with van der Waals surface area (Å²) in [5.41, 5.74) is 9.04. The minimum absolute atomic E-state index is 0.101. The number of H-pyrrole nitrogens is 1. The zero-order valence-electron chi connectivity index (χ0n) is 14.1. The maximum atomic E-state index is 11.0. The topological polar surface area (TPSA) is 127 Å². The van der Waals surface area contributed by atoms with Gasteiger partial charge >= 0.3 is 0 Å². The van der Waals surface area contributed by atoms with E-state index in [1.54, 1.807) is 12.1 Å². The van der Waals surface area contributed by atoms with Gasteiger partial charge in [-0.1, -0.05) is 19.9 Å². The van der Waals surface area contributed by atoms with E-state index in [0.29, 0.717) is 23.5 Å². The van der Waals surface area contributed by atoms with Crippen LogP contribution in [0.3, 0.4) is 0 Å². The first-order chi connectivity index (χ1) is 12.1. The predicted octanol–water partition coefficient (Wildman–Crippen LogP) is 2.43. The number of anilines is 2. The Bertz CT molecular complexity index is 922. The van der Waals surface area contributed by atoms with E-state index in [4.69, 9.17) is 5.73 Å². The molecule has 0 aliphatic carbocycles. The van der Waals surface area contributed by atoms with Crippen molar-refractivity contribution in [1.82, 2.24) is 19.9 Å². The van der Waals surface area contributed by atoms with Gasteiger partial charge in [0, 0.05) is 25.2 Å². The van der Waals surface area contributed by atoms with Crippen molar-refractivity contribution in [3.8, 4) is 0 Å². The quantitative estimate of drug-likeness (QED) is 0.541. The highest BCUT2D eigenvalue weighted by molar-refractivity contribution is 5.84. The molecule has 0 unspecified atom stereocenters. The Morgan fingerprint density at radius 3 is 2.84 bits per heavy atom. The van der Waals surface area contributed by atoms with Crippen molar-refractivity contribution in [2.75, 3.05) is 17.2 Å². The van der Waals surface area contributed by atoms with Gasteiger partial charge < -0.3 is 15.6 Å². The lowest BCUT2D eigenvalue weighted by molar-refractivity contribution is -0.384. The van der Waals surface area contributed by atoms with Gasteiger partial charge in [-0.15, -0.1) is 0 Å². The fourth-order valence-corrected chi connectivity index (χ4v) is 2.91. The van der Waals surface area contributed by atoms with E-state index in [-0.39, 0.29) is 16.6 Å². The second-order valence-corrected chi connectivity index (χ2v) is 5.40. The summed E-state index contributed by atoms with van der Waals surface area (Å²) >= 11 is 0. The summed E-state index contributed by atoms with van der Waals surface area (Å²) in [7, 11) is 0. The second-order valence-electron chi connectivity index (χ2n) is 5.40. The van der Waals surface area contributed by atoms with Crippen molar-refractivity contribution in [3.63, 3.8) is 0 Å². The standard InChI is InChI=1S/C14H13N7O2.C2H6/c15-14-18-11-12(19-14)16-7-17-13(11)20-4-3-8-1-2-10(21(22)23)5-9(8)6-20;1-2/h1-2,5,7H,3-4,6H2,(H3,15,16,17,18,19);1-2H3. The fraction of sp³-hybridized carbons (Fsp3) is 0.312. The van der Waals surface area contributed by atoms with Crippen LogP contribution in [0.5, 0.6) is 0 Å². The molecule has 0 radical (unpaired) electrons. The lowest BCUT2D eigenvalue weighted by Crippen LogP contribution is -2.31. The summed E-state index contributed by atoms with van der Waals surface area (Å²) in [5, 5.41) is 11.0. The van der Waals surface area contributed by atoms with E-state index in [0.717, 1.165) is 24.1 Å². The molecule has 0 saturated heterocycles. The molecular formula is C16H19N7O2. The van der Waals surface area contributed by atoms with Crippen LogP contribution in [0.2, 0.25) is 0 Å². The van der Waals surface area contributed by atoms with Crippen LogP contribution in [0.4, 0.5) is 17.5 Å². The Balaban J connectivity index is 0.000000880. The molecule has 0 atom stereocenters. The van der Waals surface area contributed by atoms with Gasteiger partial charge in [-0.2, -0.15) is 4.98 Å². The van der Waals surface area contributed by atoms with Crippen molar-refractivity contribution in [2.24, 2.45) is 0 Å². The van der Waals surface area contributed by atoms with E-state index in [1.165, 1.54) is 6.33 Å². The molecule has 4 rings (SSSR count). The first-order valence-electron chi connectivity index (χ1n) is 8.09. The van der Waals surface area contributed by atoms with Crippen molar-refractivity contribution >= 4 is 28.6 Å². The predicted molar refractivity (Wildman–Crippen MR) is 95.3 cm³/mol. The Hall–Kier alpha value is -3.23. The molecule has 3 aromatic rings. The minimum Gasteiger partial charge on any atom is -0.369 e. The molecule has 3 N–H and O–H groups in total. The average Bonchev–Trinajstić information content (AvgIpc) is 3.02. The highest BCUT2D eigenvalue weighted by Gasteiger charge is 2.22. The Morgan fingerprint density at radius 2 is 2.08 bits per heavy atom. The van der Waals surface area contributed by atoms with Gasteiger partial charge in [0.1, 0.15) is 11.8 Å². The number of benzene rings is 1. The number of aromatic amines is 1. The largest absolute Gasteiger partial charge is 0.369 e.